The van der Waals surface area contributed by atoms with Gasteiger partial charge in [0, 0.05) is 24.5 Å². The maximum atomic E-state index is 11.9. The highest BCUT2D eigenvalue weighted by Crippen LogP contribution is 2.24. The average Bonchev–Trinajstić information content (AvgIpc) is 2.75. The Morgan fingerprint density at radius 1 is 1.44 bits per heavy atom. The van der Waals surface area contributed by atoms with Crippen LogP contribution in [0.15, 0.2) is 23.1 Å². The molecule has 2 rings (SSSR count). The van der Waals surface area contributed by atoms with Gasteiger partial charge in [-0.1, -0.05) is 0 Å². The lowest BCUT2D eigenvalue weighted by molar-refractivity contribution is -0.118. The largest absolute Gasteiger partial charge is 0.384 e. The zero-order valence-electron chi connectivity index (χ0n) is 9.57. The van der Waals surface area contributed by atoms with Gasteiger partial charge in [0.05, 0.1) is 4.90 Å². The third-order valence-corrected chi connectivity index (χ3v) is 4.23. The Bertz CT molecular complexity index is 572. The second kappa shape index (κ2) is 5.16. The zero-order chi connectivity index (χ0) is 13.2. The van der Waals surface area contributed by atoms with Crippen LogP contribution in [-0.4, -0.2) is 26.7 Å². The van der Waals surface area contributed by atoms with Crippen molar-refractivity contribution in [2.45, 2.75) is 17.7 Å². The first-order chi connectivity index (χ1) is 8.53. The Kier molecular flexibility index (Phi) is 3.77. The number of anilines is 1. The summed E-state index contributed by atoms with van der Waals surface area (Å²) in [7, 11) is -3.79. The van der Waals surface area contributed by atoms with E-state index in [0.717, 1.165) is 24.2 Å². The van der Waals surface area contributed by atoms with Gasteiger partial charge in [0.15, 0.2) is 0 Å². The van der Waals surface area contributed by atoms with E-state index in [9.17, 15) is 13.2 Å². The first-order valence-corrected chi connectivity index (χ1v) is 7.53. The number of nitrogens with one attached hydrogen (secondary N) is 2. The highest BCUT2D eigenvalue weighted by Gasteiger charge is 2.20. The van der Waals surface area contributed by atoms with Crippen molar-refractivity contribution >= 4 is 33.2 Å². The predicted octanol–water partition coefficient (Wildman–Crippen LogP) is 1.09. The molecule has 1 aromatic carbocycles. The fraction of sp³-hybridized carbons (Fsp3) is 0.364. The van der Waals surface area contributed by atoms with E-state index in [1.165, 1.54) is 6.07 Å². The molecule has 0 saturated heterocycles. The SMILES string of the molecule is O=C(CCCl)NS(=O)(=O)c1ccc2c(c1)CCN2. The summed E-state index contributed by atoms with van der Waals surface area (Å²) in [4.78, 5) is 11.4. The first kappa shape index (κ1) is 13.2. The molecular weight excluding hydrogens is 276 g/mol. The molecule has 0 aliphatic carbocycles. The van der Waals surface area contributed by atoms with Crippen LogP contribution in [0.1, 0.15) is 12.0 Å². The quantitative estimate of drug-likeness (QED) is 0.813. The summed E-state index contributed by atoms with van der Waals surface area (Å²) in [6, 6.07) is 4.78. The van der Waals surface area contributed by atoms with E-state index in [1.807, 2.05) is 4.72 Å². The number of hydrogen-bond acceptors (Lipinski definition) is 4. The molecule has 0 fully saturated rings. The lowest BCUT2D eigenvalue weighted by atomic mass is 10.2. The smallest absolute Gasteiger partial charge is 0.264 e. The van der Waals surface area contributed by atoms with E-state index in [1.54, 1.807) is 12.1 Å². The molecule has 98 valence electrons. The van der Waals surface area contributed by atoms with Gasteiger partial charge in [-0.2, -0.15) is 0 Å². The summed E-state index contributed by atoms with van der Waals surface area (Å²) in [6.07, 6.45) is 0.765. The average molecular weight is 289 g/mol. The summed E-state index contributed by atoms with van der Waals surface area (Å²) in [5, 5.41) is 3.14. The molecule has 0 spiro atoms. The molecule has 1 amide bonds. The van der Waals surface area contributed by atoms with E-state index in [0.29, 0.717) is 0 Å². The molecule has 1 aliphatic rings. The van der Waals surface area contributed by atoms with Crippen LogP contribution in [0, 0.1) is 0 Å². The Morgan fingerprint density at radius 3 is 2.94 bits per heavy atom. The molecule has 0 bridgehead atoms. The van der Waals surface area contributed by atoms with Crippen LogP contribution in [0.2, 0.25) is 0 Å². The Labute approximate surface area is 111 Å². The topological polar surface area (TPSA) is 75.3 Å². The van der Waals surface area contributed by atoms with E-state index >= 15 is 0 Å². The Hall–Kier alpha value is -1.27. The zero-order valence-corrected chi connectivity index (χ0v) is 11.1. The molecule has 1 aliphatic heterocycles. The van der Waals surface area contributed by atoms with Gasteiger partial charge in [-0.15, -0.1) is 11.6 Å². The van der Waals surface area contributed by atoms with Crippen molar-refractivity contribution in [2.75, 3.05) is 17.7 Å². The highest BCUT2D eigenvalue weighted by atomic mass is 35.5. The van der Waals surface area contributed by atoms with Crippen LogP contribution < -0.4 is 10.0 Å². The number of amides is 1. The lowest BCUT2D eigenvalue weighted by Crippen LogP contribution is -2.30. The molecule has 7 heteroatoms. The summed E-state index contributed by atoms with van der Waals surface area (Å²) in [5.74, 6) is -0.501. The fourth-order valence-corrected chi connectivity index (χ4v) is 3.03. The first-order valence-electron chi connectivity index (χ1n) is 5.51. The van der Waals surface area contributed by atoms with Crippen LogP contribution in [0.3, 0.4) is 0 Å². The normalized spacial score (nSPS) is 13.8. The number of carbonyl (C=O) groups is 1. The van der Waals surface area contributed by atoms with Crippen LogP contribution >= 0.6 is 11.6 Å². The predicted molar refractivity (Wildman–Crippen MR) is 69.3 cm³/mol. The van der Waals surface area contributed by atoms with Gasteiger partial charge in [0.1, 0.15) is 0 Å². The van der Waals surface area contributed by atoms with Crippen molar-refractivity contribution in [1.29, 1.82) is 0 Å². The van der Waals surface area contributed by atoms with Gasteiger partial charge in [-0.3, -0.25) is 4.79 Å². The van der Waals surface area contributed by atoms with Gasteiger partial charge < -0.3 is 5.32 Å². The molecule has 0 aromatic heterocycles. The summed E-state index contributed by atoms with van der Waals surface area (Å²) in [6.45, 7) is 0.803. The van der Waals surface area contributed by atoms with E-state index in [4.69, 9.17) is 11.6 Å². The Balaban J connectivity index is 2.22. The third kappa shape index (κ3) is 2.76. The fourth-order valence-electron chi connectivity index (χ4n) is 1.79. The molecule has 0 saturated carbocycles. The molecule has 1 aromatic rings. The summed E-state index contributed by atoms with van der Waals surface area (Å²) < 4.78 is 25.8. The van der Waals surface area contributed by atoms with E-state index < -0.39 is 15.9 Å². The second-order valence-corrected chi connectivity index (χ2v) is 6.02. The van der Waals surface area contributed by atoms with Crippen molar-refractivity contribution in [3.8, 4) is 0 Å². The minimum absolute atomic E-state index is 0.0206. The third-order valence-electron chi connectivity index (χ3n) is 2.67. The molecule has 0 unspecified atom stereocenters. The number of alkyl halides is 1. The molecule has 2 N–H and O–H groups in total. The number of rotatable bonds is 4. The molecule has 5 nitrogen and oxygen atoms in total. The number of hydrogen-bond donors (Lipinski definition) is 2. The van der Waals surface area contributed by atoms with Gasteiger partial charge in [0.2, 0.25) is 5.91 Å². The number of benzene rings is 1. The van der Waals surface area contributed by atoms with Crippen LogP contribution in [0.25, 0.3) is 0 Å². The maximum Gasteiger partial charge on any atom is 0.264 e. The van der Waals surface area contributed by atoms with Crippen molar-refractivity contribution in [2.24, 2.45) is 0 Å². The number of sulfonamides is 1. The minimum Gasteiger partial charge on any atom is -0.384 e. The van der Waals surface area contributed by atoms with Gasteiger partial charge in [0.25, 0.3) is 10.0 Å². The van der Waals surface area contributed by atoms with E-state index in [-0.39, 0.29) is 17.2 Å². The van der Waals surface area contributed by atoms with Gasteiger partial charge in [-0.05, 0) is 30.2 Å². The van der Waals surface area contributed by atoms with Crippen LogP contribution in [0.4, 0.5) is 5.69 Å². The van der Waals surface area contributed by atoms with Crippen molar-refractivity contribution < 1.29 is 13.2 Å². The summed E-state index contributed by atoms with van der Waals surface area (Å²) in [5.41, 5.74) is 1.89. The second-order valence-electron chi connectivity index (χ2n) is 3.96. The lowest BCUT2D eigenvalue weighted by Gasteiger charge is -2.07. The minimum atomic E-state index is -3.79. The van der Waals surface area contributed by atoms with Gasteiger partial charge in [-0.25, -0.2) is 13.1 Å². The number of halogens is 1. The molecular formula is C11H13ClN2O3S. The van der Waals surface area contributed by atoms with Crippen LogP contribution in [0.5, 0.6) is 0 Å². The number of carbonyl (C=O) groups excluding carboxylic acids is 1. The van der Waals surface area contributed by atoms with Gasteiger partial charge >= 0.3 is 0 Å². The monoisotopic (exact) mass is 288 g/mol. The van der Waals surface area contributed by atoms with E-state index in [2.05, 4.69) is 5.32 Å². The molecule has 0 atom stereocenters. The van der Waals surface area contributed by atoms with Crippen molar-refractivity contribution in [1.82, 2.24) is 4.72 Å². The molecule has 1 heterocycles. The highest BCUT2D eigenvalue weighted by molar-refractivity contribution is 7.90. The standard InChI is InChI=1S/C11H13ClN2O3S/c12-5-3-11(15)14-18(16,17)9-1-2-10-8(7-9)4-6-13-10/h1-2,7,13H,3-6H2,(H,14,15). The Morgan fingerprint density at radius 2 is 2.22 bits per heavy atom. The summed E-state index contributed by atoms with van der Waals surface area (Å²) >= 11 is 5.38. The molecule has 18 heavy (non-hydrogen) atoms. The molecule has 0 radical (unpaired) electrons. The van der Waals surface area contributed by atoms with Crippen LogP contribution in [-0.2, 0) is 21.2 Å². The van der Waals surface area contributed by atoms with Crippen molar-refractivity contribution in [3.63, 3.8) is 0 Å². The maximum absolute atomic E-state index is 11.9. The number of fused-ring (bicyclic) bond motifs is 1. The van der Waals surface area contributed by atoms with Crippen molar-refractivity contribution in [3.05, 3.63) is 23.8 Å².